The lowest BCUT2D eigenvalue weighted by Crippen LogP contribution is -2.28. The fourth-order valence-electron chi connectivity index (χ4n) is 1.83. The summed E-state index contributed by atoms with van der Waals surface area (Å²) in [6.45, 7) is 4.55. The minimum absolute atomic E-state index is 0.380. The summed E-state index contributed by atoms with van der Waals surface area (Å²) in [5.74, 6) is 1.33. The first-order chi connectivity index (χ1) is 8.79. The van der Waals surface area contributed by atoms with Crippen molar-refractivity contribution in [1.82, 2.24) is 9.97 Å². The number of hydrogen-bond acceptors (Lipinski definition) is 5. The van der Waals surface area contributed by atoms with Crippen molar-refractivity contribution >= 4 is 23.4 Å². The van der Waals surface area contributed by atoms with E-state index in [4.69, 9.17) is 16.3 Å². The Hall–Kier alpha value is -1.07. The number of nitrogens with zero attached hydrogens (tertiary/aromatic N) is 2. The van der Waals surface area contributed by atoms with Crippen LogP contribution in [0.15, 0.2) is 6.20 Å². The molecule has 1 aliphatic heterocycles. The maximum Gasteiger partial charge on any atom is 0.224 e. The minimum Gasteiger partial charge on any atom is -0.381 e. The predicted octanol–water partition coefficient (Wildman–Crippen LogP) is 2.54. The van der Waals surface area contributed by atoms with Crippen molar-refractivity contribution in [2.75, 3.05) is 30.4 Å². The Morgan fingerprint density at radius 3 is 2.94 bits per heavy atom. The molecule has 18 heavy (non-hydrogen) atoms. The first kappa shape index (κ1) is 13.4. The van der Waals surface area contributed by atoms with Gasteiger partial charge in [0.05, 0.1) is 6.20 Å². The van der Waals surface area contributed by atoms with Gasteiger partial charge in [-0.2, -0.15) is 4.98 Å². The molecule has 0 aliphatic carbocycles. The van der Waals surface area contributed by atoms with Gasteiger partial charge < -0.3 is 15.4 Å². The Morgan fingerprint density at radius 1 is 1.44 bits per heavy atom. The van der Waals surface area contributed by atoms with Gasteiger partial charge in [-0.25, -0.2) is 4.98 Å². The largest absolute Gasteiger partial charge is 0.381 e. The molecule has 6 heteroatoms. The van der Waals surface area contributed by atoms with E-state index in [1.54, 1.807) is 6.20 Å². The molecule has 2 N–H and O–H groups in total. The number of nitrogens with one attached hydrogen (secondary N) is 2. The Labute approximate surface area is 112 Å². The van der Waals surface area contributed by atoms with Gasteiger partial charge in [0.2, 0.25) is 5.95 Å². The number of hydrogen-bond donors (Lipinski definition) is 2. The zero-order valence-corrected chi connectivity index (χ0v) is 11.3. The van der Waals surface area contributed by atoms with Gasteiger partial charge in [-0.05, 0) is 19.3 Å². The number of halogens is 1. The van der Waals surface area contributed by atoms with Crippen LogP contribution in [0.4, 0.5) is 11.8 Å². The van der Waals surface area contributed by atoms with E-state index in [0.717, 1.165) is 39.0 Å². The summed E-state index contributed by atoms with van der Waals surface area (Å²) in [6, 6.07) is 0.380. The van der Waals surface area contributed by atoms with Gasteiger partial charge in [-0.15, -0.1) is 0 Å². The first-order valence-electron chi connectivity index (χ1n) is 6.40. The van der Waals surface area contributed by atoms with Crippen molar-refractivity contribution in [3.63, 3.8) is 0 Å². The van der Waals surface area contributed by atoms with Crippen molar-refractivity contribution in [1.29, 1.82) is 0 Å². The van der Waals surface area contributed by atoms with Crippen molar-refractivity contribution < 1.29 is 4.74 Å². The Morgan fingerprint density at radius 2 is 2.22 bits per heavy atom. The average molecular weight is 271 g/mol. The molecule has 5 nitrogen and oxygen atoms in total. The quantitative estimate of drug-likeness (QED) is 0.861. The fraction of sp³-hybridized carbons (Fsp3) is 0.667. The molecule has 100 valence electrons. The van der Waals surface area contributed by atoms with E-state index in [9.17, 15) is 0 Å². The average Bonchev–Trinajstić information content (AvgIpc) is 2.41. The first-order valence-corrected chi connectivity index (χ1v) is 6.78. The topological polar surface area (TPSA) is 59.1 Å². The summed E-state index contributed by atoms with van der Waals surface area (Å²) in [6.07, 6.45) is 4.64. The van der Waals surface area contributed by atoms with Crippen molar-refractivity contribution in [3.05, 3.63) is 11.2 Å². The summed E-state index contributed by atoms with van der Waals surface area (Å²) in [5.41, 5.74) is 0. The van der Waals surface area contributed by atoms with E-state index >= 15 is 0 Å². The monoisotopic (exact) mass is 270 g/mol. The molecule has 1 aromatic rings. The molecule has 0 saturated carbocycles. The molecule has 1 saturated heterocycles. The van der Waals surface area contributed by atoms with Gasteiger partial charge in [0, 0.05) is 25.8 Å². The van der Waals surface area contributed by atoms with E-state index in [0.29, 0.717) is 22.8 Å². The fourth-order valence-corrected chi connectivity index (χ4v) is 1.97. The van der Waals surface area contributed by atoms with Gasteiger partial charge in [0.1, 0.15) is 5.02 Å². The molecule has 0 atom stereocenters. The van der Waals surface area contributed by atoms with Crippen LogP contribution in [0.1, 0.15) is 26.2 Å². The molecule has 1 fully saturated rings. The van der Waals surface area contributed by atoms with E-state index in [1.807, 2.05) is 0 Å². The summed E-state index contributed by atoms with van der Waals surface area (Å²) < 4.78 is 5.33. The van der Waals surface area contributed by atoms with Crippen LogP contribution in [0.25, 0.3) is 0 Å². The predicted molar refractivity (Wildman–Crippen MR) is 73.3 cm³/mol. The number of aromatic nitrogens is 2. The van der Waals surface area contributed by atoms with Crippen molar-refractivity contribution in [2.45, 2.75) is 32.2 Å². The second-order valence-electron chi connectivity index (χ2n) is 4.35. The molecule has 1 aliphatic rings. The molecular weight excluding hydrogens is 252 g/mol. The zero-order valence-electron chi connectivity index (χ0n) is 10.6. The molecule has 0 bridgehead atoms. The molecule has 2 heterocycles. The van der Waals surface area contributed by atoms with Crippen molar-refractivity contribution in [2.24, 2.45) is 0 Å². The second kappa shape index (κ2) is 6.75. The van der Waals surface area contributed by atoms with E-state index < -0.39 is 0 Å². The third-order valence-corrected chi connectivity index (χ3v) is 3.12. The number of rotatable bonds is 5. The highest BCUT2D eigenvalue weighted by Gasteiger charge is 2.15. The third kappa shape index (κ3) is 3.71. The SMILES string of the molecule is CCCNc1ncc(Cl)c(NC2CCOCC2)n1. The number of ether oxygens (including phenoxy) is 1. The Bertz CT molecular complexity index is 382. The summed E-state index contributed by atoms with van der Waals surface area (Å²) in [7, 11) is 0. The van der Waals surface area contributed by atoms with Gasteiger partial charge in [-0.3, -0.25) is 0 Å². The van der Waals surface area contributed by atoms with Gasteiger partial charge in [0.25, 0.3) is 0 Å². The molecule has 0 amide bonds. The lowest BCUT2D eigenvalue weighted by atomic mass is 10.1. The molecule has 0 unspecified atom stereocenters. The smallest absolute Gasteiger partial charge is 0.224 e. The zero-order chi connectivity index (χ0) is 12.8. The van der Waals surface area contributed by atoms with Crippen molar-refractivity contribution in [3.8, 4) is 0 Å². The lowest BCUT2D eigenvalue weighted by molar-refractivity contribution is 0.0904. The maximum atomic E-state index is 6.10. The number of anilines is 2. The van der Waals surface area contributed by atoms with E-state index in [1.165, 1.54) is 0 Å². The maximum absolute atomic E-state index is 6.10. The lowest BCUT2D eigenvalue weighted by Gasteiger charge is -2.24. The second-order valence-corrected chi connectivity index (χ2v) is 4.76. The Balaban J connectivity index is 2.00. The van der Waals surface area contributed by atoms with Crippen LogP contribution < -0.4 is 10.6 Å². The summed E-state index contributed by atoms with van der Waals surface area (Å²) in [4.78, 5) is 8.55. The highest BCUT2D eigenvalue weighted by Crippen LogP contribution is 2.22. The van der Waals surface area contributed by atoms with Gasteiger partial charge >= 0.3 is 0 Å². The van der Waals surface area contributed by atoms with Crippen LogP contribution >= 0.6 is 11.6 Å². The Kier molecular flexibility index (Phi) is 5.01. The van der Waals surface area contributed by atoms with Crippen LogP contribution in [0.5, 0.6) is 0 Å². The normalized spacial score (nSPS) is 16.6. The molecule has 1 aromatic heterocycles. The van der Waals surface area contributed by atoms with Crippen LogP contribution in [-0.4, -0.2) is 35.8 Å². The highest BCUT2D eigenvalue weighted by molar-refractivity contribution is 6.32. The van der Waals surface area contributed by atoms with Gasteiger partial charge in [0.15, 0.2) is 5.82 Å². The summed E-state index contributed by atoms with van der Waals surface area (Å²) in [5, 5.41) is 7.08. The molecule has 2 rings (SSSR count). The molecule has 0 spiro atoms. The minimum atomic E-state index is 0.380. The third-order valence-electron chi connectivity index (χ3n) is 2.84. The van der Waals surface area contributed by atoms with Crippen LogP contribution in [-0.2, 0) is 4.74 Å². The molecule has 0 radical (unpaired) electrons. The van der Waals surface area contributed by atoms with Crippen LogP contribution in [0.3, 0.4) is 0 Å². The molecule has 0 aromatic carbocycles. The summed E-state index contributed by atoms with van der Waals surface area (Å²) >= 11 is 6.10. The van der Waals surface area contributed by atoms with Crippen LogP contribution in [0, 0.1) is 0 Å². The highest BCUT2D eigenvalue weighted by atomic mass is 35.5. The standard InChI is InChI=1S/C12H19ClN4O/c1-2-5-14-12-15-8-10(13)11(17-12)16-9-3-6-18-7-4-9/h8-9H,2-7H2,1H3,(H2,14,15,16,17). The van der Waals surface area contributed by atoms with Crippen LogP contribution in [0.2, 0.25) is 5.02 Å². The van der Waals surface area contributed by atoms with Gasteiger partial charge in [-0.1, -0.05) is 18.5 Å². The van der Waals surface area contributed by atoms with E-state index in [-0.39, 0.29) is 0 Å². The van der Waals surface area contributed by atoms with E-state index in [2.05, 4.69) is 27.5 Å². The molecular formula is C12H19ClN4O.